The Morgan fingerprint density at radius 1 is 1.03 bits per heavy atom. The summed E-state index contributed by atoms with van der Waals surface area (Å²) in [5, 5.41) is 0. The van der Waals surface area contributed by atoms with E-state index in [1.54, 1.807) is 0 Å². The van der Waals surface area contributed by atoms with Crippen molar-refractivity contribution < 1.29 is 0 Å². The number of nitrogens with zero attached hydrogens (tertiary/aromatic N) is 2. The summed E-state index contributed by atoms with van der Waals surface area (Å²) >= 11 is 0. The van der Waals surface area contributed by atoms with Gasteiger partial charge in [-0.25, -0.2) is 0 Å². The van der Waals surface area contributed by atoms with Crippen LogP contribution in [0, 0.1) is 20.8 Å². The topological polar surface area (TPSA) is 51.3 Å². The van der Waals surface area contributed by atoms with Crippen molar-refractivity contribution in [3.05, 3.63) is 57.5 Å². The summed E-state index contributed by atoms with van der Waals surface area (Å²) in [6, 6.07) is 0. The Balaban J connectivity index is 3.16. The minimum Gasteiger partial charge on any atom is -0.312 e. The average Bonchev–Trinajstić information content (AvgIpc) is 2.72. The highest BCUT2D eigenvalue weighted by Crippen LogP contribution is 2.29. The van der Waals surface area contributed by atoms with Crippen LogP contribution in [0.25, 0.3) is 5.57 Å². The molecule has 1 aromatic heterocycles. The molecule has 0 spiro atoms. The van der Waals surface area contributed by atoms with Crippen LogP contribution in [0.15, 0.2) is 34.4 Å². The van der Waals surface area contributed by atoms with Gasteiger partial charge in [-0.3, -0.25) is 9.98 Å². The van der Waals surface area contributed by atoms with Gasteiger partial charge in [0.1, 0.15) is 0 Å². The molecule has 0 fully saturated rings. The minimum atomic E-state index is 0.309. The van der Waals surface area contributed by atoms with Crippen molar-refractivity contribution in [1.29, 1.82) is 0 Å². The lowest BCUT2D eigenvalue weighted by atomic mass is 9.89. The molecule has 0 atom stereocenters. The van der Waals surface area contributed by atoms with E-state index in [-0.39, 0.29) is 0 Å². The van der Waals surface area contributed by atoms with E-state index >= 15 is 0 Å². The first-order chi connectivity index (χ1) is 13.9. The van der Waals surface area contributed by atoms with Gasteiger partial charge in [-0.15, -0.1) is 0 Å². The molecule has 0 radical (unpaired) electrons. The van der Waals surface area contributed by atoms with E-state index in [1.807, 2.05) is 6.21 Å². The van der Waals surface area contributed by atoms with E-state index in [0.717, 1.165) is 49.1 Å². The van der Waals surface area contributed by atoms with Crippen LogP contribution in [-0.4, -0.2) is 17.9 Å². The third-order valence-electron chi connectivity index (χ3n) is 5.62. The number of hydrogen-bond acceptors (Lipinski definition) is 3. The van der Waals surface area contributed by atoms with Crippen LogP contribution in [-0.2, 0) is 6.42 Å². The van der Waals surface area contributed by atoms with Gasteiger partial charge in [0.05, 0.1) is 6.67 Å². The molecule has 0 aliphatic carbocycles. The molecule has 160 valence electrons. The Morgan fingerprint density at radius 3 is 2.31 bits per heavy atom. The van der Waals surface area contributed by atoms with Gasteiger partial charge < -0.3 is 5.73 Å². The van der Waals surface area contributed by atoms with E-state index in [4.69, 9.17) is 10.7 Å². The van der Waals surface area contributed by atoms with Crippen molar-refractivity contribution in [2.45, 2.75) is 87.0 Å². The molecular formula is C26H41N3. The fourth-order valence-electron chi connectivity index (χ4n) is 3.89. The summed E-state index contributed by atoms with van der Waals surface area (Å²) in [7, 11) is 0. The lowest BCUT2D eigenvalue weighted by Crippen LogP contribution is -2.07. The maximum atomic E-state index is 5.60. The number of pyridine rings is 1. The van der Waals surface area contributed by atoms with Crippen molar-refractivity contribution in [3.8, 4) is 0 Å². The Bertz CT molecular complexity index is 780. The van der Waals surface area contributed by atoms with Crippen molar-refractivity contribution in [3.63, 3.8) is 0 Å². The minimum absolute atomic E-state index is 0.309. The highest BCUT2D eigenvalue weighted by molar-refractivity contribution is 6.11. The molecule has 1 aromatic rings. The fraction of sp³-hybridized carbons (Fsp3) is 0.538. The van der Waals surface area contributed by atoms with Crippen LogP contribution < -0.4 is 5.73 Å². The smallest absolute Gasteiger partial charge is 0.0859 e. The molecular weight excluding hydrogens is 354 g/mol. The van der Waals surface area contributed by atoms with Crippen LogP contribution in [0.3, 0.4) is 0 Å². The molecule has 2 N–H and O–H groups in total. The van der Waals surface area contributed by atoms with E-state index < -0.39 is 0 Å². The molecule has 0 saturated heterocycles. The van der Waals surface area contributed by atoms with Gasteiger partial charge in [-0.05, 0) is 100 Å². The number of aromatic nitrogens is 1. The number of nitrogens with two attached hydrogens (primary N) is 1. The van der Waals surface area contributed by atoms with Crippen molar-refractivity contribution in [2.75, 3.05) is 6.67 Å². The van der Waals surface area contributed by atoms with E-state index in [2.05, 4.69) is 71.7 Å². The number of rotatable bonds is 11. The molecule has 1 rings (SSSR count). The fourth-order valence-corrected chi connectivity index (χ4v) is 3.89. The number of unbranched alkanes of at least 4 members (excludes halogenated alkanes) is 1. The Kier molecular flexibility index (Phi) is 11.5. The molecule has 3 nitrogen and oxygen atoms in total. The highest BCUT2D eigenvalue weighted by atomic mass is 14.8. The predicted molar refractivity (Wildman–Crippen MR) is 130 cm³/mol. The zero-order valence-electron chi connectivity index (χ0n) is 19.7. The summed E-state index contributed by atoms with van der Waals surface area (Å²) in [6.45, 7) is 15.4. The van der Waals surface area contributed by atoms with Gasteiger partial charge in [-0.1, -0.05) is 38.5 Å². The summed E-state index contributed by atoms with van der Waals surface area (Å²) in [4.78, 5) is 9.11. The predicted octanol–water partition coefficient (Wildman–Crippen LogP) is 6.80. The van der Waals surface area contributed by atoms with Gasteiger partial charge in [0.25, 0.3) is 0 Å². The summed E-state index contributed by atoms with van der Waals surface area (Å²) < 4.78 is 0. The molecule has 0 aliphatic heterocycles. The quantitative estimate of drug-likeness (QED) is 0.331. The van der Waals surface area contributed by atoms with Gasteiger partial charge in [0.2, 0.25) is 0 Å². The number of hydrogen-bond donors (Lipinski definition) is 1. The van der Waals surface area contributed by atoms with Crippen LogP contribution in [0.4, 0.5) is 0 Å². The van der Waals surface area contributed by atoms with Crippen molar-refractivity contribution >= 4 is 11.8 Å². The van der Waals surface area contributed by atoms with Crippen LogP contribution in [0.5, 0.6) is 0 Å². The average molecular weight is 396 g/mol. The van der Waals surface area contributed by atoms with E-state index in [9.17, 15) is 0 Å². The number of aryl methyl sites for hydroxylation is 2. The standard InChI is InChI=1S/C26H41N3/c1-8-12-14-22(9-2)23(10-3)15-13-16-25-21(7)29-20(6)19(5)26(25)24(11-4)17-28-18-27/h10-11,14,17H,8-9,12-13,15-16,18,27H2,1-7H3/b22-14-,23-10-,24-11+,28-17-. The van der Waals surface area contributed by atoms with E-state index in [1.165, 1.54) is 34.3 Å². The van der Waals surface area contributed by atoms with E-state index in [0.29, 0.717) is 6.67 Å². The second-order valence-electron chi connectivity index (χ2n) is 7.54. The molecule has 0 bridgehead atoms. The molecule has 0 aliphatic rings. The third-order valence-corrected chi connectivity index (χ3v) is 5.62. The van der Waals surface area contributed by atoms with Crippen molar-refractivity contribution in [1.82, 2.24) is 4.98 Å². The number of allylic oxidation sites excluding steroid dienone is 6. The molecule has 0 amide bonds. The Morgan fingerprint density at radius 2 is 1.76 bits per heavy atom. The van der Waals surface area contributed by atoms with Gasteiger partial charge in [-0.2, -0.15) is 0 Å². The van der Waals surface area contributed by atoms with Crippen molar-refractivity contribution in [2.24, 2.45) is 10.7 Å². The zero-order valence-corrected chi connectivity index (χ0v) is 19.7. The number of aliphatic imine (C=N–C) groups is 1. The molecule has 0 saturated carbocycles. The van der Waals surface area contributed by atoms with Crippen LogP contribution >= 0.6 is 0 Å². The first kappa shape index (κ1) is 25.0. The normalized spacial score (nSPS) is 13.6. The van der Waals surface area contributed by atoms with Crippen LogP contribution in [0.2, 0.25) is 0 Å². The second kappa shape index (κ2) is 13.3. The lowest BCUT2D eigenvalue weighted by molar-refractivity contribution is 0.790. The Hall–Kier alpha value is -2.00. The molecule has 29 heavy (non-hydrogen) atoms. The first-order valence-electron chi connectivity index (χ1n) is 11.1. The Labute approximate surface area is 178 Å². The highest BCUT2D eigenvalue weighted by Gasteiger charge is 2.16. The monoisotopic (exact) mass is 395 g/mol. The molecule has 0 aromatic carbocycles. The van der Waals surface area contributed by atoms with Gasteiger partial charge in [0.15, 0.2) is 0 Å². The maximum absolute atomic E-state index is 5.60. The third kappa shape index (κ3) is 7.08. The lowest BCUT2D eigenvalue weighted by Gasteiger charge is -2.18. The second-order valence-corrected chi connectivity index (χ2v) is 7.54. The zero-order chi connectivity index (χ0) is 21.8. The largest absolute Gasteiger partial charge is 0.312 e. The molecule has 3 heteroatoms. The summed E-state index contributed by atoms with van der Waals surface area (Å²) in [5.41, 5.74) is 15.8. The summed E-state index contributed by atoms with van der Waals surface area (Å²) in [6.07, 6.45) is 15.5. The summed E-state index contributed by atoms with van der Waals surface area (Å²) in [5.74, 6) is 0. The van der Waals surface area contributed by atoms with Gasteiger partial charge in [0, 0.05) is 17.6 Å². The first-order valence-corrected chi connectivity index (χ1v) is 11.1. The molecule has 1 heterocycles. The maximum Gasteiger partial charge on any atom is 0.0859 e. The van der Waals surface area contributed by atoms with Gasteiger partial charge >= 0.3 is 0 Å². The SMILES string of the molecule is C/C=C(CCCc1c(C)nc(C)c(C)c1C(/C=N\CN)=C/C)\C(=C/CCC)CC. The van der Waals surface area contributed by atoms with Crippen LogP contribution in [0.1, 0.15) is 87.9 Å². The molecule has 0 unspecified atom stereocenters.